The van der Waals surface area contributed by atoms with Gasteiger partial charge in [-0.05, 0) is 31.1 Å². The van der Waals surface area contributed by atoms with E-state index in [1.807, 2.05) is 0 Å². The maximum absolute atomic E-state index is 12.1. The van der Waals surface area contributed by atoms with E-state index in [1.165, 1.54) is 25.7 Å². The summed E-state index contributed by atoms with van der Waals surface area (Å²) >= 11 is 0. The molecule has 0 aromatic rings. The molecule has 0 aromatic carbocycles. The van der Waals surface area contributed by atoms with E-state index in [4.69, 9.17) is 5.11 Å². The Hall–Kier alpha value is -1.26. The maximum Gasteiger partial charge on any atom is 0.317 e. The van der Waals surface area contributed by atoms with Gasteiger partial charge in [0.25, 0.3) is 0 Å². The van der Waals surface area contributed by atoms with Gasteiger partial charge in [-0.15, -0.1) is 0 Å². The zero-order valence-electron chi connectivity index (χ0n) is 12.3. The molecule has 2 aliphatic rings. The van der Waals surface area contributed by atoms with E-state index in [9.17, 15) is 9.59 Å². The number of nitrogens with zero attached hydrogens (tertiary/aromatic N) is 1. The highest BCUT2D eigenvalue weighted by molar-refractivity contribution is 5.76. The molecule has 5 nitrogen and oxygen atoms in total. The van der Waals surface area contributed by atoms with Crippen LogP contribution in [0.3, 0.4) is 0 Å². The number of rotatable bonds is 3. The van der Waals surface area contributed by atoms with Crippen LogP contribution in [0.15, 0.2) is 0 Å². The standard InChI is InChI=1S/C15H26N2O3/c1-11-5-2-3-6-12(11)9-16-15(20)17-8-4-7-13(10-17)14(18)19/h11-13H,2-10H2,1H3,(H,16,20)(H,18,19)/t11?,12?,13-/m1/s1. The Kier molecular flexibility index (Phi) is 5.26. The molecule has 0 radical (unpaired) electrons. The van der Waals surface area contributed by atoms with Crippen molar-refractivity contribution in [1.82, 2.24) is 10.2 Å². The monoisotopic (exact) mass is 282 g/mol. The van der Waals surface area contributed by atoms with Crippen molar-refractivity contribution in [2.24, 2.45) is 17.8 Å². The molecule has 2 unspecified atom stereocenters. The number of carbonyl (C=O) groups is 2. The number of nitrogens with one attached hydrogen (secondary N) is 1. The van der Waals surface area contributed by atoms with E-state index in [-0.39, 0.29) is 6.03 Å². The Morgan fingerprint density at radius 1 is 1.20 bits per heavy atom. The molecule has 1 aliphatic carbocycles. The molecule has 2 rings (SSSR count). The third kappa shape index (κ3) is 3.87. The van der Waals surface area contributed by atoms with Gasteiger partial charge >= 0.3 is 12.0 Å². The molecule has 2 N–H and O–H groups in total. The fourth-order valence-corrected chi connectivity index (χ4v) is 3.39. The molecule has 3 atom stereocenters. The van der Waals surface area contributed by atoms with Gasteiger partial charge in [0.2, 0.25) is 0 Å². The summed E-state index contributed by atoms with van der Waals surface area (Å²) in [4.78, 5) is 24.8. The van der Waals surface area contributed by atoms with Crippen LogP contribution < -0.4 is 5.32 Å². The summed E-state index contributed by atoms with van der Waals surface area (Å²) in [6.07, 6.45) is 6.47. The third-order valence-corrected chi connectivity index (χ3v) is 4.86. The number of aliphatic carboxylic acids is 1. The molecule has 1 saturated carbocycles. The van der Waals surface area contributed by atoms with Crippen molar-refractivity contribution in [3.63, 3.8) is 0 Å². The lowest BCUT2D eigenvalue weighted by Gasteiger charge is -2.33. The fraction of sp³-hybridized carbons (Fsp3) is 0.867. The zero-order valence-corrected chi connectivity index (χ0v) is 12.3. The van der Waals surface area contributed by atoms with Crippen LogP contribution in [-0.2, 0) is 4.79 Å². The Bertz CT molecular complexity index is 359. The quantitative estimate of drug-likeness (QED) is 0.834. The van der Waals surface area contributed by atoms with Crippen LogP contribution in [-0.4, -0.2) is 41.6 Å². The number of piperidine rings is 1. The average molecular weight is 282 g/mol. The van der Waals surface area contributed by atoms with Crippen molar-refractivity contribution in [3.8, 4) is 0 Å². The lowest BCUT2D eigenvalue weighted by molar-refractivity contribution is -0.143. The third-order valence-electron chi connectivity index (χ3n) is 4.86. The minimum atomic E-state index is -0.789. The van der Waals surface area contributed by atoms with Gasteiger partial charge in [0.05, 0.1) is 5.92 Å². The molecule has 20 heavy (non-hydrogen) atoms. The van der Waals surface area contributed by atoms with E-state index in [1.54, 1.807) is 4.90 Å². The molecule has 0 aromatic heterocycles. The number of hydrogen-bond donors (Lipinski definition) is 2. The molecule has 1 aliphatic heterocycles. The predicted molar refractivity (Wildman–Crippen MR) is 76.5 cm³/mol. The van der Waals surface area contributed by atoms with Gasteiger partial charge < -0.3 is 15.3 Å². The van der Waals surface area contributed by atoms with Gasteiger partial charge in [-0.25, -0.2) is 4.79 Å². The molecule has 0 bridgehead atoms. The number of carboxylic acids is 1. The first kappa shape index (κ1) is 15.1. The fourth-order valence-electron chi connectivity index (χ4n) is 3.39. The van der Waals surface area contributed by atoms with Gasteiger partial charge in [0.15, 0.2) is 0 Å². The van der Waals surface area contributed by atoms with Gasteiger partial charge in [0.1, 0.15) is 0 Å². The SMILES string of the molecule is CC1CCCCC1CNC(=O)N1CCC[C@@H](C(=O)O)C1. The smallest absolute Gasteiger partial charge is 0.317 e. The van der Waals surface area contributed by atoms with Crippen LogP contribution in [0.2, 0.25) is 0 Å². The number of amides is 2. The van der Waals surface area contributed by atoms with Crippen molar-refractivity contribution in [3.05, 3.63) is 0 Å². The molecule has 2 fully saturated rings. The molecule has 114 valence electrons. The highest BCUT2D eigenvalue weighted by atomic mass is 16.4. The predicted octanol–water partition coefficient (Wildman–Crippen LogP) is 2.32. The minimum Gasteiger partial charge on any atom is -0.481 e. The Labute approximate surface area is 120 Å². The second-order valence-electron chi connectivity index (χ2n) is 6.33. The van der Waals surface area contributed by atoms with Gasteiger partial charge in [-0.2, -0.15) is 0 Å². The number of hydrogen-bond acceptors (Lipinski definition) is 2. The van der Waals surface area contributed by atoms with Crippen LogP contribution in [0.5, 0.6) is 0 Å². The minimum absolute atomic E-state index is 0.0891. The highest BCUT2D eigenvalue weighted by Crippen LogP contribution is 2.29. The molecule has 0 spiro atoms. The number of urea groups is 1. The van der Waals surface area contributed by atoms with Gasteiger partial charge in [0, 0.05) is 19.6 Å². The summed E-state index contributed by atoms with van der Waals surface area (Å²) in [6, 6.07) is -0.0891. The summed E-state index contributed by atoms with van der Waals surface area (Å²) in [5, 5.41) is 12.1. The second-order valence-corrected chi connectivity index (χ2v) is 6.33. The molecular weight excluding hydrogens is 256 g/mol. The van der Waals surface area contributed by atoms with E-state index in [0.717, 1.165) is 13.0 Å². The zero-order chi connectivity index (χ0) is 14.5. The average Bonchev–Trinajstić information content (AvgIpc) is 2.46. The van der Waals surface area contributed by atoms with Crippen LogP contribution in [0.4, 0.5) is 4.79 Å². The van der Waals surface area contributed by atoms with E-state index in [2.05, 4.69) is 12.2 Å². The molecule has 2 amide bonds. The Balaban J connectivity index is 1.77. The first-order chi connectivity index (χ1) is 9.58. The number of carboxylic acid groups (broad SMARTS) is 1. The van der Waals surface area contributed by atoms with Crippen LogP contribution in [0.25, 0.3) is 0 Å². The molecule has 5 heteroatoms. The van der Waals surface area contributed by atoms with Crippen molar-refractivity contribution < 1.29 is 14.7 Å². The molecular formula is C15H26N2O3. The van der Waals surface area contributed by atoms with Crippen molar-refractivity contribution >= 4 is 12.0 Å². The summed E-state index contributed by atoms with van der Waals surface area (Å²) in [6.45, 7) is 4.02. The van der Waals surface area contributed by atoms with E-state index < -0.39 is 11.9 Å². The first-order valence-corrected chi connectivity index (χ1v) is 7.83. The topological polar surface area (TPSA) is 69.6 Å². The van der Waals surface area contributed by atoms with Crippen LogP contribution >= 0.6 is 0 Å². The van der Waals surface area contributed by atoms with Gasteiger partial charge in [-0.1, -0.05) is 26.2 Å². The van der Waals surface area contributed by atoms with Gasteiger partial charge in [-0.3, -0.25) is 4.79 Å². The summed E-state index contributed by atoms with van der Waals surface area (Å²) in [5.74, 6) is 0.0662. The Morgan fingerprint density at radius 3 is 2.65 bits per heavy atom. The van der Waals surface area contributed by atoms with Crippen molar-refractivity contribution in [2.75, 3.05) is 19.6 Å². The lowest BCUT2D eigenvalue weighted by atomic mass is 9.80. The highest BCUT2D eigenvalue weighted by Gasteiger charge is 2.29. The lowest BCUT2D eigenvalue weighted by Crippen LogP contribution is -2.48. The number of likely N-dealkylation sites (tertiary alicyclic amines) is 1. The first-order valence-electron chi connectivity index (χ1n) is 7.83. The van der Waals surface area contributed by atoms with Crippen molar-refractivity contribution in [2.45, 2.75) is 45.4 Å². The van der Waals surface area contributed by atoms with E-state index >= 15 is 0 Å². The molecule has 1 heterocycles. The van der Waals surface area contributed by atoms with Crippen molar-refractivity contribution in [1.29, 1.82) is 0 Å². The summed E-state index contributed by atoms with van der Waals surface area (Å²) in [5.41, 5.74) is 0. The maximum atomic E-state index is 12.1. The number of carbonyl (C=O) groups excluding carboxylic acids is 1. The van der Waals surface area contributed by atoms with Crippen LogP contribution in [0, 0.1) is 17.8 Å². The normalized spacial score (nSPS) is 30.9. The molecule has 1 saturated heterocycles. The summed E-state index contributed by atoms with van der Waals surface area (Å²) in [7, 11) is 0. The summed E-state index contributed by atoms with van der Waals surface area (Å²) < 4.78 is 0. The largest absolute Gasteiger partial charge is 0.481 e. The van der Waals surface area contributed by atoms with Crippen LogP contribution in [0.1, 0.15) is 45.4 Å². The second kappa shape index (κ2) is 6.95. The van der Waals surface area contributed by atoms with E-state index in [0.29, 0.717) is 31.3 Å². The Morgan fingerprint density at radius 2 is 1.95 bits per heavy atom.